The summed E-state index contributed by atoms with van der Waals surface area (Å²) in [5.41, 5.74) is 0.750. The van der Waals surface area contributed by atoms with Crippen LogP contribution < -0.4 is 0 Å². The summed E-state index contributed by atoms with van der Waals surface area (Å²) in [4.78, 5) is 12.5. The lowest BCUT2D eigenvalue weighted by molar-refractivity contribution is -0.139. The first-order chi connectivity index (χ1) is 8.06. The fourth-order valence-electron chi connectivity index (χ4n) is 2.09. The van der Waals surface area contributed by atoms with Crippen LogP contribution in [0.3, 0.4) is 0 Å². The number of aliphatic carboxylic acids is 1. The van der Waals surface area contributed by atoms with Crippen LogP contribution in [0.5, 0.6) is 0 Å². The summed E-state index contributed by atoms with van der Waals surface area (Å²) < 4.78 is 13.2. The molecule has 1 N–H and O–H groups in total. The fourth-order valence-corrected chi connectivity index (χ4v) is 2.28. The van der Waals surface area contributed by atoms with Crippen molar-refractivity contribution in [1.82, 2.24) is 4.90 Å². The number of benzene rings is 1. The lowest BCUT2D eigenvalue weighted by Crippen LogP contribution is -2.46. The maximum Gasteiger partial charge on any atom is 0.303 e. The van der Waals surface area contributed by atoms with Crippen LogP contribution in [0.2, 0.25) is 5.02 Å². The molecule has 0 amide bonds. The second-order valence-corrected chi connectivity index (χ2v) is 4.75. The van der Waals surface area contributed by atoms with Gasteiger partial charge in [0.2, 0.25) is 0 Å². The average molecular weight is 258 g/mol. The van der Waals surface area contributed by atoms with Gasteiger partial charge in [0, 0.05) is 19.6 Å². The molecular weight excluding hydrogens is 245 g/mol. The maximum atomic E-state index is 13.2. The van der Waals surface area contributed by atoms with Crippen molar-refractivity contribution in [2.24, 2.45) is 5.92 Å². The number of carboxylic acid groups (broad SMARTS) is 1. The first-order valence-electron chi connectivity index (χ1n) is 5.43. The van der Waals surface area contributed by atoms with E-state index in [-0.39, 0.29) is 17.4 Å². The van der Waals surface area contributed by atoms with E-state index in [4.69, 9.17) is 16.7 Å². The third-order valence-electron chi connectivity index (χ3n) is 2.92. The Balaban J connectivity index is 1.88. The SMILES string of the molecule is O=C(O)CC1CN(Cc2cccc(F)c2Cl)C1. The van der Waals surface area contributed by atoms with Gasteiger partial charge >= 0.3 is 5.97 Å². The van der Waals surface area contributed by atoms with E-state index in [0.717, 1.165) is 18.7 Å². The molecule has 0 aliphatic carbocycles. The first kappa shape index (κ1) is 12.3. The average Bonchev–Trinajstić information content (AvgIpc) is 2.20. The van der Waals surface area contributed by atoms with E-state index >= 15 is 0 Å². The lowest BCUT2D eigenvalue weighted by Gasteiger charge is -2.38. The zero-order chi connectivity index (χ0) is 12.4. The van der Waals surface area contributed by atoms with Crippen LogP contribution in [0.15, 0.2) is 18.2 Å². The van der Waals surface area contributed by atoms with Gasteiger partial charge in [-0.2, -0.15) is 0 Å². The van der Waals surface area contributed by atoms with Gasteiger partial charge in [-0.05, 0) is 17.5 Å². The highest BCUT2D eigenvalue weighted by atomic mass is 35.5. The molecule has 0 saturated carbocycles. The Bertz CT molecular complexity index is 433. The second-order valence-electron chi connectivity index (χ2n) is 4.37. The minimum absolute atomic E-state index is 0.161. The van der Waals surface area contributed by atoms with Crippen LogP contribution in [0.25, 0.3) is 0 Å². The minimum Gasteiger partial charge on any atom is -0.481 e. The quantitative estimate of drug-likeness (QED) is 0.900. The number of rotatable bonds is 4. The predicted octanol–water partition coefficient (Wildman–Crippen LogP) is 2.39. The zero-order valence-electron chi connectivity index (χ0n) is 9.20. The molecule has 0 bridgehead atoms. The van der Waals surface area contributed by atoms with Crippen LogP contribution in [-0.2, 0) is 11.3 Å². The normalized spacial score (nSPS) is 16.8. The Kier molecular flexibility index (Phi) is 3.64. The van der Waals surface area contributed by atoms with Crippen molar-refractivity contribution in [3.05, 3.63) is 34.6 Å². The third kappa shape index (κ3) is 2.96. The van der Waals surface area contributed by atoms with Crippen molar-refractivity contribution in [1.29, 1.82) is 0 Å². The zero-order valence-corrected chi connectivity index (χ0v) is 9.95. The summed E-state index contributed by atoms with van der Waals surface area (Å²) in [6.07, 6.45) is 0.202. The Morgan fingerprint density at radius 3 is 2.88 bits per heavy atom. The van der Waals surface area contributed by atoms with Crippen LogP contribution in [-0.4, -0.2) is 29.1 Å². The molecule has 1 heterocycles. The van der Waals surface area contributed by atoms with Gasteiger partial charge in [0.1, 0.15) is 5.82 Å². The Morgan fingerprint density at radius 2 is 2.24 bits per heavy atom. The highest BCUT2D eigenvalue weighted by Crippen LogP contribution is 2.26. The standard InChI is InChI=1S/C12H13ClFNO2/c13-12-9(2-1-3-10(12)14)7-15-5-8(6-15)4-11(16)17/h1-3,8H,4-7H2,(H,16,17). The van der Waals surface area contributed by atoms with Gasteiger partial charge in [-0.1, -0.05) is 23.7 Å². The van der Waals surface area contributed by atoms with Crippen molar-refractivity contribution in [3.8, 4) is 0 Å². The molecule has 1 aromatic carbocycles. The topological polar surface area (TPSA) is 40.5 Å². The van der Waals surface area contributed by atoms with Gasteiger partial charge in [-0.25, -0.2) is 4.39 Å². The summed E-state index contributed by atoms with van der Waals surface area (Å²) in [5, 5.41) is 8.78. The number of carbonyl (C=O) groups is 1. The monoisotopic (exact) mass is 257 g/mol. The smallest absolute Gasteiger partial charge is 0.303 e. The third-order valence-corrected chi connectivity index (χ3v) is 3.34. The van der Waals surface area contributed by atoms with Gasteiger partial charge in [0.05, 0.1) is 11.4 Å². The van der Waals surface area contributed by atoms with Crippen molar-refractivity contribution >= 4 is 17.6 Å². The lowest BCUT2D eigenvalue weighted by atomic mass is 9.96. The van der Waals surface area contributed by atoms with Crippen LogP contribution in [0.4, 0.5) is 4.39 Å². The highest BCUT2D eigenvalue weighted by Gasteiger charge is 2.28. The number of halogens is 2. The molecular formula is C12H13ClFNO2. The van der Waals surface area contributed by atoms with Crippen molar-refractivity contribution in [2.45, 2.75) is 13.0 Å². The molecule has 0 radical (unpaired) electrons. The van der Waals surface area contributed by atoms with E-state index in [0.29, 0.717) is 6.54 Å². The van der Waals surface area contributed by atoms with E-state index in [1.807, 2.05) is 0 Å². The molecule has 0 aromatic heterocycles. The van der Waals surface area contributed by atoms with Crippen LogP contribution >= 0.6 is 11.6 Å². The molecule has 0 spiro atoms. The largest absolute Gasteiger partial charge is 0.481 e. The summed E-state index contributed by atoms with van der Waals surface area (Å²) in [6, 6.07) is 4.75. The number of nitrogens with zero attached hydrogens (tertiary/aromatic N) is 1. The molecule has 17 heavy (non-hydrogen) atoms. The molecule has 1 aliphatic heterocycles. The molecule has 1 aromatic rings. The molecule has 0 unspecified atom stereocenters. The van der Waals surface area contributed by atoms with Gasteiger partial charge in [-0.3, -0.25) is 9.69 Å². The summed E-state index contributed by atoms with van der Waals surface area (Å²) in [7, 11) is 0. The molecule has 2 rings (SSSR count). The molecule has 3 nitrogen and oxygen atoms in total. The first-order valence-corrected chi connectivity index (χ1v) is 5.81. The van der Waals surface area contributed by atoms with E-state index < -0.39 is 11.8 Å². The molecule has 0 atom stereocenters. The van der Waals surface area contributed by atoms with E-state index in [2.05, 4.69) is 4.90 Å². The Hall–Kier alpha value is -1.13. The number of likely N-dealkylation sites (tertiary alicyclic amines) is 1. The van der Waals surface area contributed by atoms with Crippen molar-refractivity contribution in [2.75, 3.05) is 13.1 Å². The van der Waals surface area contributed by atoms with Gasteiger partial charge < -0.3 is 5.11 Å². The summed E-state index contributed by atoms with van der Waals surface area (Å²) in [5.74, 6) is -0.968. The predicted molar refractivity (Wildman–Crippen MR) is 62.4 cm³/mol. The summed E-state index contributed by atoms with van der Waals surface area (Å²) >= 11 is 5.84. The van der Waals surface area contributed by atoms with E-state index in [9.17, 15) is 9.18 Å². The van der Waals surface area contributed by atoms with E-state index in [1.54, 1.807) is 12.1 Å². The second kappa shape index (κ2) is 5.02. The van der Waals surface area contributed by atoms with Crippen molar-refractivity contribution in [3.63, 3.8) is 0 Å². The fraction of sp³-hybridized carbons (Fsp3) is 0.417. The van der Waals surface area contributed by atoms with Gasteiger partial charge in [0.15, 0.2) is 0 Å². The Morgan fingerprint density at radius 1 is 1.53 bits per heavy atom. The van der Waals surface area contributed by atoms with E-state index in [1.165, 1.54) is 6.07 Å². The van der Waals surface area contributed by atoms with Crippen LogP contribution in [0, 0.1) is 11.7 Å². The van der Waals surface area contributed by atoms with Gasteiger partial charge in [-0.15, -0.1) is 0 Å². The van der Waals surface area contributed by atoms with Crippen molar-refractivity contribution < 1.29 is 14.3 Å². The number of hydrogen-bond acceptors (Lipinski definition) is 2. The molecule has 1 aliphatic rings. The van der Waals surface area contributed by atoms with Crippen LogP contribution in [0.1, 0.15) is 12.0 Å². The molecule has 1 saturated heterocycles. The molecule has 92 valence electrons. The molecule has 5 heteroatoms. The van der Waals surface area contributed by atoms with Gasteiger partial charge in [0.25, 0.3) is 0 Å². The highest BCUT2D eigenvalue weighted by molar-refractivity contribution is 6.31. The molecule has 1 fully saturated rings. The number of hydrogen-bond donors (Lipinski definition) is 1. The Labute approximate surface area is 104 Å². The summed E-state index contributed by atoms with van der Waals surface area (Å²) in [6.45, 7) is 2.05. The minimum atomic E-state index is -0.765. The number of carboxylic acids is 1. The maximum absolute atomic E-state index is 13.2.